The van der Waals surface area contributed by atoms with Gasteiger partial charge in [0.05, 0.1) is 13.0 Å². The summed E-state index contributed by atoms with van der Waals surface area (Å²) in [6.45, 7) is 8.51. The van der Waals surface area contributed by atoms with Crippen LogP contribution in [0.25, 0.3) is 11.1 Å². The second kappa shape index (κ2) is 12.2. The van der Waals surface area contributed by atoms with Crippen molar-refractivity contribution in [3.8, 4) is 16.9 Å². The number of carbonyl (C=O) groups excluding carboxylic acids is 2. The third kappa shape index (κ3) is 7.37. The first-order valence-corrected chi connectivity index (χ1v) is 13.3. The summed E-state index contributed by atoms with van der Waals surface area (Å²) in [5.41, 5.74) is 7.45. The quantitative estimate of drug-likeness (QED) is 0.327. The van der Waals surface area contributed by atoms with Crippen LogP contribution in [-0.2, 0) is 46.7 Å². The number of rotatable bonds is 9. The molecular formula is C32H37NO5. The monoisotopic (exact) mass is 515 g/mol. The van der Waals surface area contributed by atoms with Crippen LogP contribution >= 0.6 is 0 Å². The number of carbonyl (C=O) groups is 2. The van der Waals surface area contributed by atoms with Crippen LogP contribution in [0.15, 0.2) is 60.7 Å². The van der Waals surface area contributed by atoms with E-state index in [-0.39, 0.29) is 12.4 Å². The summed E-state index contributed by atoms with van der Waals surface area (Å²) in [5, 5.41) is 2.85. The molecule has 0 saturated heterocycles. The highest BCUT2D eigenvalue weighted by Gasteiger charge is 2.19. The van der Waals surface area contributed by atoms with Gasteiger partial charge < -0.3 is 19.5 Å². The summed E-state index contributed by atoms with van der Waals surface area (Å²) in [6, 6.07) is 20.3. The average Bonchev–Trinajstić information content (AvgIpc) is 3.34. The molecule has 0 heterocycles. The van der Waals surface area contributed by atoms with E-state index in [1.54, 1.807) is 6.92 Å². The Labute approximate surface area is 225 Å². The van der Waals surface area contributed by atoms with Crippen molar-refractivity contribution >= 4 is 12.1 Å². The maximum atomic E-state index is 12.1. The topological polar surface area (TPSA) is 73.9 Å². The van der Waals surface area contributed by atoms with Crippen molar-refractivity contribution in [2.24, 2.45) is 0 Å². The zero-order valence-electron chi connectivity index (χ0n) is 22.8. The molecule has 0 bridgehead atoms. The Bertz CT molecular complexity index is 1290. The van der Waals surface area contributed by atoms with Gasteiger partial charge in [-0.2, -0.15) is 0 Å². The van der Waals surface area contributed by atoms with Crippen LogP contribution in [0.2, 0.25) is 0 Å². The van der Waals surface area contributed by atoms with Gasteiger partial charge in [-0.1, -0.05) is 42.5 Å². The van der Waals surface area contributed by atoms with E-state index in [1.165, 1.54) is 16.7 Å². The zero-order valence-corrected chi connectivity index (χ0v) is 22.8. The number of nitrogens with one attached hydrogen (secondary N) is 1. The Hall–Kier alpha value is -3.80. The van der Waals surface area contributed by atoms with E-state index < -0.39 is 11.7 Å². The van der Waals surface area contributed by atoms with Crippen LogP contribution in [0.3, 0.4) is 0 Å². The molecular weight excluding hydrogens is 478 g/mol. The van der Waals surface area contributed by atoms with Crippen molar-refractivity contribution in [2.45, 2.75) is 72.1 Å². The molecule has 1 aliphatic rings. The van der Waals surface area contributed by atoms with E-state index in [1.807, 2.05) is 57.2 Å². The number of aryl methyl sites for hydroxylation is 1. The summed E-state index contributed by atoms with van der Waals surface area (Å²) in [6.07, 6.45) is 2.99. The predicted molar refractivity (Wildman–Crippen MR) is 148 cm³/mol. The van der Waals surface area contributed by atoms with Gasteiger partial charge in [0.15, 0.2) is 0 Å². The second-order valence-corrected chi connectivity index (χ2v) is 10.6. The number of amides is 1. The minimum Gasteiger partial charge on any atom is -0.489 e. The van der Waals surface area contributed by atoms with E-state index in [9.17, 15) is 9.59 Å². The van der Waals surface area contributed by atoms with Gasteiger partial charge in [0.1, 0.15) is 18.0 Å². The van der Waals surface area contributed by atoms with Gasteiger partial charge in [-0.05, 0) is 98.5 Å². The lowest BCUT2D eigenvalue weighted by Gasteiger charge is -2.20. The minimum atomic E-state index is -0.533. The molecule has 0 atom stereocenters. The van der Waals surface area contributed by atoms with E-state index >= 15 is 0 Å². The Morgan fingerprint density at radius 2 is 1.76 bits per heavy atom. The largest absolute Gasteiger partial charge is 0.489 e. The summed E-state index contributed by atoms with van der Waals surface area (Å²) < 4.78 is 16.7. The molecule has 0 fully saturated rings. The predicted octanol–water partition coefficient (Wildman–Crippen LogP) is 6.55. The first-order chi connectivity index (χ1) is 18.2. The first kappa shape index (κ1) is 27.2. The number of hydrogen-bond acceptors (Lipinski definition) is 5. The molecule has 3 aromatic rings. The molecule has 6 heteroatoms. The first-order valence-electron chi connectivity index (χ1n) is 13.3. The van der Waals surface area contributed by atoms with Crippen LogP contribution in [0.1, 0.15) is 61.9 Å². The van der Waals surface area contributed by atoms with Crippen LogP contribution < -0.4 is 10.1 Å². The summed E-state index contributed by atoms with van der Waals surface area (Å²) in [7, 11) is 0. The van der Waals surface area contributed by atoms with E-state index in [0.29, 0.717) is 25.5 Å². The van der Waals surface area contributed by atoms with E-state index in [4.69, 9.17) is 14.2 Å². The lowest BCUT2D eigenvalue weighted by Crippen LogP contribution is -2.32. The van der Waals surface area contributed by atoms with Gasteiger partial charge >= 0.3 is 12.1 Å². The fourth-order valence-electron chi connectivity index (χ4n) is 4.77. The van der Waals surface area contributed by atoms with Crippen molar-refractivity contribution in [1.82, 2.24) is 5.32 Å². The molecule has 1 aliphatic carbocycles. The number of esters is 1. The summed E-state index contributed by atoms with van der Waals surface area (Å²) in [5.74, 6) is 0.433. The molecule has 6 nitrogen and oxygen atoms in total. The maximum Gasteiger partial charge on any atom is 0.407 e. The molecule has 4 rings (SSSR count). The van der Waals surface area contributed by atoms with Crippen molar-refractivity contribution in [1.29, 1.82) is 0 Å². The third-order valence-corrected chi connectivity index (χ3v) is 6.36. The lowest BCUT2D eigenvalue weighted by molar-refractivity contribution is -0.142. The lowest BCUT2D eigenvalue weighted by atomic mass is 9.93. The molecule has 0 unspecified atom stereocenters. The number of alkyl carbamates (subject to hydrolysis) is 1. The van der Waals surface area contributed by atoms with Crippen LogP contribution in [0.4, 0.5) is 4.79 Å². The average molecular weight is 516 g/mol. The second-order valence-electron chi connectivity index (χ2n) is 10.6. The van der Waals surface area contributed by atoms with Gasteiger partial charge in [0, 0.05) is 12.1 Å². The summed E-state index contributed by atoms with van der Waals surface area (Å²) >= 11 is 0. The normalized spacial score (nSPS) is 12.5. The molecule has 0 saturated carbocycles. The van der Waals surface area contributed by atoms with Crippen molar-refractivity contribution in [3.05, 3.63) is 88.5 Å². The van der Waals surface area contributed by atoms with E-state index in [2.05, 4.69) is 29.6 Å². The fraction of sp³-hybridized carbons (Fsp3) is 0.375. The number of ether oxygens (including phenoxy) is 3. The zero-order chi connectivity index (χ0) is 27.1. The standard InChI is InChI=1S/C32H37NO5/c1-5-36-30(34)19-26-11-6-7-15-29(26)37-21-23-17-24-13-9-14-27(24)28(18-23)25-12-8-10-22(16-25)20-33-31(35)38-32(2,3)4/h6-8,10-12,15-18H,5,9,13-14,19-21H2,1-4H3,(H,33,35). The van der Waals surface area contributed by atoms with Crippen LogP contribution in [0.5, 0.6) is 5.75 Å². The number of fused-ring (bicyclic) bond motifs is 1. The van der Waals surface area contributed by atoms with Crippen molar-refractivity contribution in [2.75, 3.05) is 6.61 Å². The van der Waals surface area contributed by atoms with Gasteiger partial charge in [-0.15, -0.1) is 0 Å². The van der Waals surface area contributed by atoms with Crippen LogP contribution in [0, 0.1) is 0 Å². The minimum absolute atomic E-state index is 0.184. The summed E-state index contributed by atoms with van der Waals surface area (Å²) in [4.78, 5) is 24.1. The van der Waals surface area contributed by atoms with E-state index in [0.717, 1.165) is 41.5 Å². The highest BCUT2D eigenvalue weighted by molar-refractivity contribution is 5.74. The molecule has 0 spiro atoms. The number of benzene rings is 3. The smallest absolute Gasteiger partial charge is 0.407 e. The Morgan fingerprint density at radius 1 is 0.947 bits per heavy atom. The molecule has 0 aliphatic heterocycles. The number of para-hydroxylation sites is 1. The van der Waals surface area contributed by atoms with Gasteiger partial charge in [-0.3, -0.25) is 4.79 Å². The fourth-order valence-corrected chi connectivity index (χ4v) is 4.77. The van der Waals surface area contributed by atoms with Gasteiger partial charge in [-0.25, -0.2) is 4.79 Å². The highest BCUT2D eigenvalue weighted by Crippen LogP contribution is 2.35. The third-order valence-electron chi connectivity index (χ3n) is 6.36. The molecule has 38 heavy (non-hydrogen) atoms. The Balaban J connectivity index is 1.52. The molecule has 0 radical (unpaired) electrons. The van der Waals surface area contributed by atoms with Gasteiger partial charge in [0.25, 0.3) is 0 Å². The molecule has 200 valence electrons. The van der Waals surface area contributed by atoms with Crippen molar-refractivity contribution < 1.29 is 23.8 Å². The maximum absolute atomic E-state index is 12.1. The molecule has 1 N–H and O–H groups in total. The number of hydrogen-bond donors (Lipinski definition) is 1. The van der Waals surface area contributed by atoms with Gasteiger partial charge in [0.2, 0.25) is 0 Å². The molecule has 0 aromatic heterocycles. The van der Waals surface area contributed by atoms with Crippen molar-refractivity contribution in [3.63, 3.8) is 0 Å². The Kier molecular flexibility index (Phi) is 8.72. The molecule has 3 aromatic carbocycles. The van der Waals surface area contributed by atoms with Crippen LogP contribution in [-0.4, -0.2) is 24.3 Å². The SMILES string of the molecule is CCOC(=O)Cc1ccccc1OCc1cc2c(c(-c3cccc(CNC(=O)OC(C)(C)C)c3)c1)CCC2. The molecule has 1 amide bonds. The highest BCUT2D eigenvalue weighted by atomic mass is 16.6. The Morgan fingerprint density at radius 3 is 2.55 bits per heavy atom.